The molecule has 0 amide bonds. The van der Waals surface area contributed by atoms with E-state index in [2.05, 4.69) is 33.8 Å². The third-order valence-electron chi connectivity index (χ3n) is 3.67. The predicted molar refractivity (Wildman–Crippen MR) is 77.4 cm³/mol. The van der Waals surface area contributed by atoms with Crippen LogP contribution in [0, 0.1) is 5.41 Å². The molecule has 0 aromatic heterocycles. The summed E-state index contributed by atoms with van der Waals surface area (Å²) >= 11 is 3.48. The third-order valence-corrected chi connectivity index (χ3v) is 4.35. The van der Waals surface area contributed by atoms with Crippen molar-refractivity contribution in [1.29, 1.82) is 0 Å². The summed E-state index contributed by atoms with van der Waals surface area (Å²) in [4.78, 5) is 14.0. The van der Waals surface area contributed by atoms with Crippen LogP contribution in [-0.4, -0.2) is 31.1 Å². The number of hydrogen-bond donors (Lipinski definition) is 0. The number of piperidine rings is 1. The van der Waals surface area contributed by atoms with E-state index in [0.717, 1.165) is 30.4 Å². The monoisotopic (exact) mass is 315 g/mol. The minimum absolute atomic E-state index is 0.0848. The zero-order chi connectivity index (χ0) is 13.8. The van der Waals surface area contributed by atoms with Crippen LogP contribution in [0.15, 0.2) is 22.3 Å². The zero-order valence-electron chi connectivity index (χ0n) is 11.6. The highest BCUT2D eigenvalue weighted by Crippen LogP contribution is 2.33. The molecule has 0 bridgehead atoms. The van der Waals surface area contributed by atoms with Crippen molar-refractivity contribution >= 4 is 21.9 Å². The first-order chi connectivity index (χ1) is 8.42. The van der Waals surface area contributed by atoms with Gasteiger partial charge in [-0.05, 0) is 39.7 Å². The largest absolute Gasteiger partial charge is 0.469 e. The molecule has 0 spiro atoms. The molecule has 0 N–H and O–H groups in total. The molecule has 1 heterocycles. The maximum Gasteiger partial charge on any atom is 0.311 e. The van der Waals surface area contributed by atoms with E-state index in [9.17, 15) is 4.79 Å². The number of likely N-dealkylation sites (tertiary alicyclic amines) is 1. The molecule has 0 saturated carbocycles. The summed E-state index contributed by atoms with van der Waals surface area (Å²) in [5.74, 6) is -0.0848. The fourth-order valence-electron chi connectivity index (χ4n) is 2.18. The molecule has 1 saturated heterocycles. The van der Waals surface area contributed by atoms with Crippen molar-refractivity contribution in [1.82, 2.24) is 4.90 Å². The number of methoxy groups -OCH3 is 1. The van der Waals surface area contributed by atoms with Gasteiger partial charge in [0, 0.05) is 23.3 Å². The maximum absolute atomic E-state index is 11.7. The van der Waals surface area contributed by atoms with Crippen LogP contribution in [0.2, 0.25) is 0 Å². The van der Waals surface area contributed by atoms with Crippen LogP contribution in [0.1, 0.15) is 33.6 Å². The van der Waals surface area contributed by atoms with E-state index < -0.39 is 0 Å². The smallest absolute Gasteiger partial charge is 0.311 e. The Hall–Kier alpha value is -0.770. The zero-order valence-corrected chi connectivity index (χ0v) is 13.2. The van der Waals surface area contributed by atoms with Gasteiger partial charge in [-0.2, -0.15) is 0 Å². The Morgan fingerprint density at radius 2 is 1.94 bits per heavy atom. The number of ether oxygens (including phenoxy) is 1. The lowest BCUT2D eigenvalue weighted by molar-refractivity contribution is -0.154. The van der Waals surface area contributed by atoms with Crippen molar-refractivity contribution in [2.75, 3.05) is 20.2 Å². The average molecular weight is 316 g/mol. The van der Waals surface area contributed by atoms with Crippen LogP contribution in [0.25, 0.3) is 0 Å². The lowest BCUT2D eigenvalue weighted by Crippen LogP contribution is -2.42. The molecule has 1 fully saturated rings. The Kier molecular flexibility index (Phi) is 5.45. The van der Waals surface area contributed by atoms with Crippen LogP contribution < -0.4 is 0 Å². The molecule has 1 aliphatic heterocycles. The van der Waals surface area contributed by atoms with E-state index in [1.807, 2.05) is 19.9 Å². The molecule has 0 radical (unpaired) electrons. The first-order valence-electron chi connectivity index (χ1n) is 6.26. The van der Waals surface area contributed by atoms with Crippen molar-refractivity contribution in [3.63, 3.8) is 0 Å². The number of carbonyl (C=O) groups excluding carboxylic acids is 1. The quantitative estimate of drug-likeness (QED) is 0.590. The van der Waals surface area contributed by atoms with Crippen molar-refractivity contribution in [2.45, 2.75) is 33.6 Å². The minimum Gasteiger partial charge on any atom is -0.469 e. The normalized spacial score (nSPS) is 20.8. The number of esters is 1. The molecule has 18 heavy (non-hydrogen) atoms. The number of carbonyl (C=O) groups is 1. The topological polar surface area (TPSA) is 29.5 Å². The van der Waals surface area contributed by atoms with E-state index in [-0.39, 0.29) is 11.4 Å². The Balaban J connectivity index is 2.64. The van der Waals surface area contributed by atoms with Gasteiger partial charge in [-0.1, -0.05) is 22.0 Å². The molecule has 1 rings (SSSR count). The first-order valence-corrected chi connectivity index (χ1v) is 7.06. The highest BCUT2D eigenvalue weighted by molar-refractivity contribution is 9.11. The van der Waals surface area contributed by atoms with Gasteiger partial charge < -0.3 is 9.64 Å². The molecule has 4 heteroatoms. The highest BCUT2D eigenvalue weighted by Gasteiger charge is 2.37. The van der Waals surface area contributed by atoms with Crippen molar-refractivity contribution in [3.05, 3.63) is 22.3 Å². The summed E-state index contributed by atoms with van der Waals surface area (Å²) in [6, 6.07) is 0. The number of halogens is 1. The van der Waals surface area contributed by atoms with Crippen LogP contribution >= 0.6 is 15.9 Å². The fourth-order valence-corrected chi connectivity index (χ4v) is 2.51. The number of rotatable bonds is 3. The Bertz CT molecular complexity index is 366. The summed E-state index contributed by atoms with van der Waals surface area (Å²) in [6.07, 6.45) is 5.82. The molecule has 102 valence electrons. The van der Waals surface area contributed by atoms with Gasteiger partial charge in [-0.25, -0.2) is 0 Å². The summed E-state index contributed by atoms with van der Waals surface area (Å²) in [5.41, 5.74) is 0.912. The van der Waals surface area contributed by atoms with E-state index in [1.54, 1.807) is 0 Å². The van der Waals surface area contributed by atoms with Gasteiger partial charge in [0.05, 0.1) is 12.5 Å². The Morgan fingerprint density at radius 1 is 1.39 bits per heavy atom. The fraction of sp³-hybridized carbons (Fsp3) is 0.643. The van der Waals surface area contributed by atoms with Crippen LogP contribution in [0.5, 0.6) is 0 Å². The van der Waals surface area contributed by atoms with Gasteiger partial charge in [0.25, 0.3) is 0 Å². The highest BCUT2D eigenvalue weighted by atomic mass is 79.9. The molecular formula is C14H22BrNO2. The summed E-state index contributed by atoms with van der Waals surface area (Å²) in [5, 5.41) is 0. The molecular weight excluding hydrogens is 294 g/mol. The van der Waals surface area contributed by atoms with E-state index in [1.165, 1.54) is 12.8 Å². The summed E-state index contributed by atoms with van der Waals surface area (Å²) in [6.45, 7) is 7.90. The Morgan fingerprint density at radius 3 is 2.39 bits per heavy atom. The van der Waals surface area contributed by atoms with Crippen molar-refractivity contribution < 1.29 is 9.53 Å². The van der Waals surface area contributed by atoms with Gasteiger partial charge in [-0.3, -0.25) is 4.79 Å². The van der Waals surface area contributed by atoms with E-state index in [4.69, 9.17) is 4.74 Å². The first kappa shape index (κ1) is 15.3. The second-order valence-corrected chi connectivity index (χ2v) is 5.91. The molecule has 3 nitrogen and oxygen atoms in total. The average Bonchev–Trinajstić information content (AvgIpc) is 2.38. The van der Waals surface area contributed by atoms with Gasteiger partial charge >= 0.3 is 5.97 Å². The molecule has 0 aromatic rings. The lowest BCUT2D eigenvalue weighted by Gasteiger charge is -2.38. The lowest BCUT2D eigenvalue weighted by atomic mass is 9.80. The molecule has 0 aromatic carbocycles. The predicted octanol–water partition coefficient (Wildman–Crippen LogP) is 3.46. The summed E-state index contributed by atoms with van der Waals surface area (Å²) in [7, 11) is 1.47. The molecule has 1 aliphatic rings. The van der Waals surface area contributed by atoms with Crippen molar-refractivity contribution in [2.24, 2.45) is 5.41 Å². The van der Waals surface area contributed by atoms with E-state index in [0.29, 0.717) is 0 Å². The van der Waals surface area contributed by atoms with Crippen molar-refractivity contribution in [3.8, 4) is 0 Å². The standard InChI is InChI=1S/C14H22BrNO2/c1-5-12(15)10-11(2)16-8-6-14(3,7-9-16)13(17)18-4/h5,10H,6-9H2,1-4H3/b11-10+,12-5+. The van der Waals surface area contributed by atoms with Gasteiger partial charge in [0.2, 0.25) is 0 Å². The number of nitrogens with zero attached hydrogens (tertiary/aromatic N) is 1. The summed E-state index contributed by atoms with van der Waals surface area (Å²) < 4.78 is 5.97. The molecule has 0 aliphatic carbocycles. The second kappa shape index (κ2) is 6.41. The number of allylic oxidation sites excluding steroid dienone is 4. The van der Waals surface area contributed by atoms with Gasteiger partial charge in [0.15, 0.2) is 0 Å². The van der Waals surface area contributed by atoms with Gasteiger partial charge in [-0.15, -0.1) is 0 Å². The van der Waals surface area contributed by atoms with Crippen LogP contribution in [0.3, 0.4) is 0 Å². The van der Waals surface area contributed by atoms with Crippen LogP contribution in [0.4, 0.5) is 0 Å². The SMILES string of the molecule is C/C=C(Br)\C=C(/C)N1CCC(C)(C(=O)OC)CC1. The number of hydrogen-bond acceptors (Lipinski definition) is 3. The Labute approximate surface area is 118 Å². The maximum atomic E-state index is 11.7. The molecule has 0 unspecified atom stereocenters. The molecule has 0 atom stereocenters. The van der Waals surface area contributed by atoms with Gasteiger partial charge in [0.1, 0.15) is 0 Å². The van der Waals surface area contributed by atoms with Crippen LogP contribution in [-0.2, 0) is 9.53 Å². The minimum atomic E-state index is -0.316. The second-order valence-electron chi connectivity index (χ2n) is 5.00. The third kappa shape index (κ3) is 3.61. The van der Waals surface area contributed by atoms with E-state index >= 15 is 0 Å².